The molecule has 8 nitrogen and oxygen atoms in total. The van der Waals surface area contributed by atoms with Gasteiger partial charge in [-0.1, -0.05) is 44.2 Å². The molecule has 0 radical (unpaired) electrons. The Balaban J connectivity index is 1.29. The van der Waals surface area contributed by atoms with E-state index in [2.05, 4.69) is 58.6 Å². The van der Waals surface area contributed by atoms with Crippen LogP contribution in [0.1, 0.15) is 56.7 Å². The van der Waals surface area contributed by atoms with Crippen molar-refractivity contribution in [3.8, 4) is 0 Å². The first-order chi connectivity index (χ1) is 17.3. The molecule has 8 heteroatoms. The second-order valence-electron chi connectivity index (χ2n) is 10.7. The lowest BCUT2D eigenvalue weighted by Crippen LogP contribution is -2.44. The predicted molar refractivity (Wildman–Crippen MR) is 139 cm³/mol. The monoisotopic (exact) mass is 487 g/mol. The van der Waals surface area contributed by atoms with Crippen molar-refractivity contribution in [2.45, 2.75) is 58.7 Å². The summed E-state index contributed by atoms with van der Waals surface area (Å²) >= 11 is 0. The van der Waals surface area contributed by atoms with E-state index in [4.69, 9.17) is 0 Å². The van der Waals surface area contributed by atoms with Crippen molar-refractivity contribution in [3.05, 3.63) is 70.3 Å². The van der Waals surface area contributed by atoms with E-state index in [1.54, 1.807) is 6.07 Å². The number of rotatable bonds is 6. The predicted octanol–water partition coefficient (Wildman–Crippen LogP) is 3.61. The van der Waals surface area contributed by atoms with E-state index in [9.17, 15) is 14.4 Å². The van der Waals surface area contributed by atoms with Gasteiger partial charge in [0.1, 0.15) is 6.04 Å². The number of anilines is 1. The van der Waals surface area contributed by atoms with Crippen LogP contribution in [0.3, 0.4) is 0 Å². The minimum Gasteiger partial charge on any atom is -0.380 e. The van der Waals surface area contributed by atoms with Crippen LogP contribution in [0.4, 0.5) is 5.69 Å². The number of carbonyl (C=O) groups excluding carboxylic acids is 2. The smallest absolute Gasteiger partial charge is 0.264 e. The zero-order valence-corrected chi connectivity index (χ0v) is 20.9. The molecule has 188 valence electrons. The molecule has 2 aromatic carbocycles. The van der Waals surface area contributed by atoms with Gasteiger partial charge in [0.2, 0.25) is 11.8 Å². The maximum atomic E-state index is 13.4. The average molecular weight is 488 g/mol. The number of imide groups is 1. The Morgan fingerprint density at radius 2 is 1.75 bits per heavy atom. The number of amides is 2. The average Bonchev–Trinajstić information content (AvgIpc) is 2.86. The molecule has 2 fully saturated rings. The number of benzene rings is 2. The van der Waals surface area contributed by atoms with Crippen molar-refractivity contribution < 1.29 is 9.59 Å². The molecule has 3 heterocycles. The van der Waals surface area contributed by atoms with E-state index in [0.717, 1.165) is 25.2 Å². The summed E-state index contributed by atoms with van der Waals surface area (Å²) in [5, 5.41) is 6.14. The van der Waals surface area contributed by atoms with E-state index in [0.29, 0.717) is 28.6 Å². The first-order valence-corrected chi connectivity index (χ1v) is 12.7. The van der Waals surface area contributed by atoms with Crippen molar-refractivity contribution in [3.63, 3.8) is 0 Å². The number of likely N-dealkylation sites (tertiary alicyclic amines) is 1. The summed E-state index contributed by atoms with van der Waals surface area (Å²) in [5.41, 5.74) is 3.82. The van der Waals surface area contributed by atoms with Gasteiger partial charge in [-0.25, -0.2) is 4.98 Å². The SMILES string of the molecule is CC1(C)CCN(Cc2ccc(CNc3cccc4ncn(C5CCC(=O)NC5=O)c(=O)c34)cc2)CC1. The molecular weight excluding hydrogens is 454 g/mol. The molecule has 0 spiro atoms. The quantitative estimate of drug-likeness (QED) is 0.516. The Morgan fingerprint density at radius 3 is 2.47 bits per heavy atom. The standard InChI is InChI=1S/C28H33N5O3/c1-28(2)12-14-32(15-13-28)17-20-8-6-19(7-9-20)16-29-21-4-3-5-22-25(21)27(36)33(18-30-22)23-10-11-24(34)31-26(23)35/h3-9,18,23,29H,10-17H2,1-2H3,(H,31,34,35). The van der Waals surface area contributed by atoms with Crippen LogP contribution in [-0.2, 0) is 22.7 Å². The fraction of sp³-hybridized carbons (Fsp3) is 0.429. The van der Waals surface area contributed by atoms with Gasteiger partial charge in [-0.15, -0.1) is 0 Å². The van der Waals surface area contributed by atoms with Crippen LogP contribution >= 0.6 is 0 Å². The third-order valence-electron chi connectivity index (χ3n) is 7.48. The number of carbonyl (C=O) groups is 2. The van der Waals surface area contributed by atoms with Crippen molar-refractivity contribution in [1.82, 2.24) is 19.8 Å². The number of nitrogens with one attached hydrogen (secondary N) is 2. The van der Waals surface area contributed by atoms with Crippen LogP contribution in [0.25, 0.3) is 10.9 Å². The maximum Gasteiger partial charge on any atom is 0.264 e. The number of nitrogens with zero attached hydrogens (tertiary/aromatic N) is 3. The van der Waals surface area contributed by atoms with Gasteiger partial charge >= 0.3 is 0 Å². The van der Waals surface area contributed by atoms with Crippen LogP contribution in [0.15, 0.2) is 53.6 Å². The molecule has 5 rings (SSSR count). The molecule has 1 aromatic heterocycles. The van der Waals surface area contributed by atoms with Crippen LogP contribution in [0, 0.1) is 5.41 Å². The number of hydrogen-bond acceptors (Lipinski definition) is 6. The topological polar surface area (TPSA) is 96.3 Å². The van der Waals surface area contributed by atoms with Crippen LogP contribution in [-0.4, -0.2) is 39.4 Å². The molecule has 2 aliphatic heterocycles. The molecule has 0 saturated carbocycles. The highest BCUT2D eigenvalue weighted by Crippen LogP contribution is 2.30. The van der Waals surface area contributed by atoms with Gasteiger partial charge in [-0.3, -0.25) is 29.2 Å². The zero-order chi connectivity index (χ0) is 25.3. The molecular formula is C28H33N5O3. The first kappa shape index (κ1) is 24.2. The third-order valence-corrected chi connectivity index (χ3v) is 7.48. The summed E-state index contributed by atoms with van der Waals surface area (Å²) in [4.78, 5) is 44.2. The lowest BCUT2D eigenvalue weighted by Gasteiger charge is -2.36. The number of hydrogen-bond donors (Lipinski definition) is 2. The van der Waals surface area contributed by atoms with Crippen molar-refractivity contribution >= 4 is 28.4 Å². The minimum atomic E-state index is -0.737. The lowest BCUT2D eigenvalue weighted by molar-refractivity contribution is -0.135. The lowest BCUT2D eigenvalue weighted by atomic mass is 9.82. The molecule has 1 unspecified atom stereocenters. The van der Waals surface area contributed by atoms with Gasteiger partial charge in [0.25, 0.3) is 5.56 Å². The Bertz CT molecular complexity index is 1340. The number of piperidine rings is 2. The Morgan fingerprint density at radius 1 is 1.03 bits per heavy atom. The van der Waals surface area contributed by atoms with E-state index in [-0.39, 0.29) is 24.3 Å². The highest BCUT2D eigenvalue weighted by Gasteiger charge is 2.29. The minimum absolute atomic E-state index is 0.201. The Hall–Kier alpha value is -3.52. The molecule has 36 heavy (non-hydrogen) atoms. The summed E-state index contributed by atoms with van der Waals surface area (Å²) in [7, 11) is 0. The fourth-order valence-electron chi connectivity index (χ4n) is 5.03. The summed E-state index contributed by atoms with van der Waals surface area (Å²) in [6.45, 7) is 8.51. The third kappa shape index (κ3) is 5.18. The zero-order valence-electron chi connectivity index (χ0n) is 20.9. The molecule has 2 saturated heterocycles. The molecule has 0 bridgehead atoms. The van der Waals surface area contributed by atoms with Gasteiger partial charge in [-0.2, -0.15) is 0 Å². The second-order valence-corrected chi connectivity index (χ2v) is 10.7. The van der Waals surface area contributed by atoms with Crippen molar-refractivity contribution in [2.24, 2.45) is 5.41 Å². The Labute approximate surface area is 210 Å². The van der Waals surface area contributed by atoms with Gasteiger partial charge < -0.3 is 5.32 Å². The largest absolute Gasteiger partial charge is 0.380 e. The summed E-state index contributed by atoms with van der Waals surface area (Å²) in [5.74, 6) is -0.778. The van der Waals surface area contributed by atoms with Gasteiger partial charge in [0.15, 0.2) is 0 Å². The summed E-state index contributed by atoms with van der Waals surface area (Å²) in [6, 6.07) is 13.4. The van der Waals surface area contributed by atoms with Gasteiger partial charge in [-0.05, 0) is 61.0 Å². The van der Waals surface area contributed by atoms with Crippen molar-refractivity contribution in [1.29, 1.82) is 0 Å². The first-order valence-electron chi connectivity index (χ1n) is 12.7. The molecule has 2 N–H and O–H groups in total. The molecule has 2 aliphatic rings. The Kier molecular flexibility index (Phi) is 6.62. The number of aromatic nitrogens is 2. The number of fused-ring (bicyclic) bond motifs is 1. The van der Waals surface area contributed by atoms with E-state index in [1.807, 2.05) is 12.1 Å². The van der Waals surface area contributed by atoms with E-state index in [1.165, 1.54) is 29.3 Å². The van der Waals surface area contributed by atoms with Gasteiger partial charge in [0.05, 0.1) is 17.2 Å². The van der Waals surface area contributed by atoms with Crippen LogP contribution in [0.2, 0.25) is 0 Å². The molecule has 1 atom stereocenters. The fourth-order valence-corrected chi connectivity index (χ4v) is 5.03. The second kappa shape index (κ2) is 9.85. The maximum absolute atomic E-state index is 13.4. The normalized spacial score (nSPS) is 20.3. The highest BCUT2D eigenvalue weighted by atomic mass is 16.2. The van der Waals surface area contributed by atoms with Gasteiger partial charge in [0, 0.05) is 25.2 Å². The molecule has 0 aliphatic carbocycles. The van der Waals surface area contributed by atoms with Crippen LogP contribution < -0.4 is 16.2 Å². The van der Waals surface area contributed by atoms with Crippen LogP contribution in [0.5, 0.6) is 0 Å². The summed E-state index contributed by atoms with van der Waals surface area (Å²) in [6.07, 6.45) is 4.36. The summed E-state index contributed by atoms with van der Waals surface area (Å²) < 4.78 is 1.34. The molecule has 2 amide bonds. The van der Waals surface area contributed by atoms with Crippen molar-refractivity contribution in [2.75, 3.05) is 18.4 Å². The molecule has 3 aromatic rings. The highest BCUT2D eigenvalue weighted by molar-refractivity contribution is 5.99. The van der Waals surface area contributed by atoms with E-state index >= 15 is 0 Å². The van der Waals surface area contributed by atoms with E-state index < -0.39 is 11.9 Å².